The highest BCUT2D eigenvalue weighted by atomic mass is 15.2. The molecule has 0 saturated carbocycles. The van der Waals surface area contributed by atoms with Crippen molar-refractivity contribution in [2.75, 3.05) is 5.32 Å². The fraction of sp³-hybridized carbons (Fsp3) is 0.176. The van der Waals surface area contributed by atoms with Crippen LogP contribution in [0.15, 0.2) is 42.6 Å². The first-order chi connectivity index (χ1) is 10.2. The molecule has 0 unspecified atom stereocenters. The number of rotatable bonds is 3. The number of nitriles is 1. The van der Waals surface area contributed by atoms with Crippen molar-refractivity contribution in [1.29, 1.82) is 5.26 Å². The van der Waals surface area contributed by atoms with Gasteiger partial charge in [-0.15, -0.1) is 0 Å². The SMILES string of the molecule is Cc1nn(C)cc1CNc1ccc(C#N)c2ccccc12. The van der Waals surface area contributed by atoms with Crippen molar-refractivity contribution in [2.24, 2.45) is 7.05 Å². The van der Waals surface area contributed by atoms with Crippen LogP contribution in [-0.2, 0) is 13.6 Å². The van der Waals surface area contributed by atoms with Crippen LogP contribution in [0.2, 0.25) is 0 Å². The predicted octanol–water partition coefficient (Wildman–Crippen LogP) is 3.37. The number of benzene rings is 2. The van der Waals surface area contributed by atoms with Crippen LogP contribution in [0.25, 0.3) is 10.8 Å². The smallest absolute Gasteiger partial charge is 0.0998 e. The Morgan fingerprint density at radius 3 is 2.62 bits per heavy atom. The second-order valence-corrected chi connectivity index (χ2v) is 5.09. The molecule has 3 aromatic rings. The van der Waals surface area contributed by atoms with Gasteiger partial charge in [-0.2, -0.15) is 10.4 Å². The quantitative estimate of drug-likeness (QED) is 0.798. The van der Waals surface area contributed by atoms with E-state index in [-0.39, 0.29) is 0 Å². The number of aryl methyl sites for hydroxylation is 2. The molecule has 0 radical (unpaired) electrons. The van der Waals surface area contributed by atoms with Crippen LogP contribution in [-0.4, -0.2) is 9.78 Å². The van der Waals surface area contributed by atoms with Gasteiger partial charge >= 0.3 is 0 Å². The van der Waals surface area contributed by atoms with E-state index in [9.17, 15) is 5.26 Å². The summed E-state index contributed by atoms with van der Waals surface area (Å²) in [5, 5.41) is 19.0. The second-order valence-electron chi connectivity index (χ2n) is 5.09. The molecule has 1 heterocycles. The molecule has 4 nitrogen and oxygen atoms in total. The van der Waals surface area contributed by atoms with E-state index in [1.165, 1.54) is 5.56 Å². The molecule has 1 aromatic heterocycles. The molecule has 1 N–H and O–H groups in total. The van der Waals surface area contributed by atoms with Gasteiger partial charge in [0.25, 0.3) is 0 Å². The molecule has 104 valence electrons. The Balaban J connectivity index is 1.95. The molecule has 2 aromatic carbocycles. The lowest BCUT2D eigenvalue weighted by Crippen LogP contribution is -2.01. The Bertz CT molecular complexity index is 840. The highest BCUT2D eigenvalue weighted by Gasteiger charge is 2.07. The number of nitrogens with zero attached hydrogens (tertiary/aromatic N) is 3. The van der Waals surface area contributed by atoms with Crippen LogP contribution in [0.4, 0.5) is 5.69 Å². The molecule has 0 saturated heterocycles. The van der Waals surface area contributed by atoms with Gasteiger partial charge < -0.3 is 5.32 Å². The third kappa shape index (κ3) is 2.46. The Hall–Kier alpha value is -2.80. The van der Waals surface area contributed by atoms with Crippen LogP contribution < -0.4 is 5.32 Å². The average Bonchev–Trinajstić information content (AvgIpc) is 2.82. The van der Waals surface area contributed by atoms with Crippen LogP contribution in [0.3, 0.4) is 0 Å². The molecule has 0 aliphatic rings. The Morgan fingerprint density at radius 1 is 1.19 bits per heavy atom. The normalized spacial score (nSPS) is 10.5. The highest BCUT2D eigenvalue weighted by molar-refractivity contribution is 5.97. The van der Waals surface area contributed by atoms with Crippen molar-refractivity contribution in [3.8, 4) is 6.07 Å². The number of fused-ring (bicyclic) bond motifs is 1. The van der Waals surface area contributed by atoms with Crippen molar-refractivity contribution in [3.05, 3.63) is 59.4 Å². The predicted molar refractivity (Wildman–Crippen MR) is 83.9 cm³/mol. The first-order valence-electron chi connectivity index (χ1n) is 6.84. The van der Waals surface area contributed by atoms with Gasteiger partial charge in [0.15, 0.2) is 0 Å². The van der Waals surface area contributed by atoms with Crippen molar-refractivity contribution in [2.45, 2.75) is 13.5 Å². The monoisotopic (exact) mass is 276 g/mol. The van der Waals surface area contributed by atoms with Crippen LogP contribution in [0.5, 0.6) is 0 Å². The van der Waals surface area contributed by atoms with Gasteiger partial charge in [-0.25, -0.2) is 0 Å². The third-order valence-corrected chi connectivity index (χ3v) is 3.63. The molecule has 0 spiro atoms. The molecular formula is C17H16N4. The molecule has 0 aliphatic carbocycles. The summed E-state index contributed by atoms with van der Waals surface area (Å²) in [4.78, 5) is 0. The average molecular weight is 276 g/mol. The summed E-state index contributed by atoms with van der Waals surface area (Å²) < 4.78 is 1.82. The Morgan fingerprint density at radius 2 is 1.95 bits per heavy atom. The molecule has 0 amide bonds. The second kappa shape index (κ2) is 5.29. The fourth-order valence-electron chi connectivity index (χ4n) is 2.56. The Labute approximate surface area is 123 Å². The minimum absolute atomic E-state index is 0.703. The van der Waals surface area contributed by atoms with Crippen molar-refractivity contribution >= 4 is 16.5 Å². The summed E-state index contributed by atoms with van der Waals surface area (Å²) in [6.45, 7) is 2.73. The van der Waals surface area contributed by atoms with Gasteiger partial charge in [0.2, 0.25) is 0 Å². The fourth-order valence-corrected chi connectivity index (χ4v) is 2.56. The van der Waals surface area contributed by atoms with E-state index in [4.69, 9.17) is 0 Å². The van der Waals surface area contributed by atoms with E-state index in [0.29, 0.717) is 5.56 Å². The molecule has 0 aliphatic heterocycles. The molecule has 0 bridgehead atoms. The van der Waals surface area contributed by atoms with Crippen LogP contribution >= 0.6 is 0 Å². The lowest BCUT2D eigenvalue weighted by molar-refractivity contribution is 0.756. The number of hydrogen-bond donors (Lipinski definition) is 1. The topological polar surface area (TPSA) is 53.6 Å². The summed E-state index contributed by atoms with van der Waals surface area (Å²) in [6.07, 6.45) is 2.02. The zero-order chi connectivity index (χ0) is 14.8. The van der Waals surface area contributed by atoms with Gasteiger partial charge in [-0.05, 0) is 19.1 Å². The minimum atomic E-state index is 0.703. The number of anilines is 1. The lowest BCUT2D eigenvalue weighted by Gasteiger charge is -2.10. The lowest BCUT2D eigenvalue weighted by atomic mass is 10.0. The largest absolute Gasteiger partial charge is 0.380 e. The van der Waals surface area contributed by atoms with Gasteiger partial charge in [0, 0.05) is 41.8 Å². The standard InChI is InChI=1S/C17H16N4/c1-12-14(11-21(2)20-12)10-19-17-8-7-13(9-18)15-5-3-4-6-16(15)17/h3-8,11,19H,10H2,1-2H3. The maximum Gasteiger partial charge on any atom is 0.0998 e. The summed E-state index contributed by atoms with van der Waals surface area (Å²) >= 11 is 0. The van der Waals surface area contributed by atoms with Gasteiger partial charge in [-0.3, -0.25) is 4.68 Å². The summed E-state index contributed by atoms with van der Waals surface area (Å²) in [5.41, 5.74) is 3.94. The van der Waals surface area contributed by atoms with E-state index >= 15 is 0 Å². The van der Waals surface area contributed by atoms with Gasteiger partial charge in [0.05, 0.1) is 17.3 Å². The van der Waals surface area contributed by atoms with Crippen molar-refractivity contribution in [3.63, 3.8) is 0 Å². The first-order valence-corrected chi connectivity index (χ1v) is 6.84. The molecular weight excluding hydrogens is 260 g/mol. The van der Waals surface area contributed by atoms with E-state index in [1.807, 2.05) is 61.2 Å². The first kappa shape index (κ1) is 13.2. The van der Waals surface area contributed by atoms with Gasteiger partial charge in [0.1, 0.15) is 0 Å². The maximum atomic E-state index is 9.19. The summed E-state index contributed by atoms with van der Waals surface area (Å²) in [7, 11) is 1.92. The van der Waals surface area contributed by atoms with E-state index in [0.717, 1.165) is 28.7 Å². The van der Waals surface area contributed by atoms with E-state index in [2.05, 4.69) is 16.5 Å². The minimum Gasteiger partial charge on any atom is -0.380 e. The Kier molecular flexibility index (Phi) is 3.33. The molecule has 0 fully saturated rings. The molecule has 0 atom stereocenters. The molecule has 3 rings (SSSR count). The number of hydrogen-bond acceptors (Lipinski definition) is 3. The molecule has 4 heteroatoms. The summed E-state index contributed by atoms with van der Waals surface area (Å²) in [6, 6.07) is 14.0. The molecule has 21 heavy (non-hydrogen) atoms. The third-order valence-electron chi connectivity index (χ3n) is 3.63. The van der Waals surface area contributed by atoms with E-state index in [1.54, 1.807) is 0 Å². The van der Waals surface area contributed by atoms with Gasteiger partial charge in [-0.1, -0.05) is 24.3 Å². The zero-order valence-electron chi connectivity index (χ0n) is 12.1. The van der Waals surface area contributed by atoms with Crippen molar-refractivity contribution < 1.29 is 0 Å². The summed E-state index contributed by atoms with van der Waals surface area (Å²) in [5.74, 6) is 0. The number of nitrogens with one attached hydrogen (secondary N) is 1. The van der Waals surface area contributed by atoms with Crippen molar-refractivity contribution in [1.82, 2.24) is 9.78 Å². The number of aromatic nitrogens is 2. The highest BCUT2D eigenvalue weighted by Crippen LogP contribution is 2.26. The van der Waals surface area contributed by atoms with E-state index < -0.39 is 0 Å². The van der Waals surface area contributed by atoms with Crippen LogP contribution in [0.1, 0.15) is 16.8 Å². The van der Waals surface area contributed by atoms with Crippen LogP contribution in [0, 0.1) is 18.3 Å². The zero-order valence-corrected chi connectivity index (χ0v) is 12.1. The maximum absolute atomic E-state index is 9.19.